The van der Waals surface area contributed by atoms with Crippen LogP contribution in [-0.4, -0.2) is 48.0 Å². The van der Waals surface area contributed by atoms with Crippen LogP contribution in [0.5, 0.6) is 5.75 Å². The monoisotopic (exact) mass is 447 g/mol. The highest BCUT2D eigenvalue weighted by molar-refractivity contribution is 6.12. The maximum Gasteiger partial charge on any atom is 0.309 e. The van der Waals surface area contributed by atoms with Crippen LogP contribution >= 0.6 is 0 Å². The Hall–Kier alpha value is -2.90. The molecule has 1 amide bonds. The second-order valence-electron chi connectivity index (χ2n) is 8.96. The molecular weight excluding hydrogens is 414 g/mol. The highest BCUT2D eigenvalue weighted by atomic mass is 16.6. The number of esters is 2. The number of ether oxygens (including phenoxy) is 3. The molecule has 1 aromatic carbocycles. The van der Waals surface area contributed by atoms with Crippen molar-refractivity contribution in [1.82, 2.24) is 0 Å². The maximum atomic E-state index is 13.4. The number of rotatable bonds is 8. The van der Waals surface area contributed by atoms with E-state index < -0.39 is 29.0 Å². The van der Waals surface area contributed by atoms with Crippen LogP contribution in [0.1, 0.15) is 71.7 Å². The molecule has 0 N–H and O–H groups in total. The summed E-state index contributed by atoms with van der Waals surface area (Å²) in [5, 5.41) is 0. The Morgan fingerprint density at radius 3 is 2.31 bits per heavy atom. The van der Waals surface area contributed by atoms with E-state index in [0.29, 0.717) is 23.6 Å². The number of ketones is 1. The highest BCUT2D eigenvalue weighted by Crippen LogP contribution is 2.43. The number of amides is 1. The van der Waals surface area contributed by atoms with Crippen molar-refractivity contribution < 1.29 is 33.4 Å². The van der Waals surface area contributed by atoms with Crippen molar-refractivity contribution in [3.05, 3.63) is 23.8 Å². The van der Waals surface area contributed by atoms with Gasteiger partial charge >= 0.3 is 11.9 Å². The lowest BCUT2D eigenvalue weighted by Gasteiger charge is -2.47. The lowest BCUT2D eigenvalue weighted by Crippen LogP contribution is -2.58. The molecule has 1 aromatic rings. The average Bonchev–Trinajstić information content (AvgIpc) is 2.64. The van der Waals surface area contributed by atoms with E-state index in [-0.39, 0.29) is 31.1 Å². The van der Waals surface area contributed by atoms with Crippen molar-refractivity contribution in [1.29, 1.82) is 0 Å². The minimum atomic E-state index is -1.09. The fraction of sp³-hybridized carbons (Fsp3) is 0.583. The topological polar surface area (TPSA) is 99.2 Å². The molecule has 8 heteroatoms. The summed E-state index contributed by atoms with van der Waals surface area (Å²) in [6, 6.07) is 5.02. The predicted octanol–water partition coefficient (Wildman–Crippen LogP) is 3.69. The zero-order valence-corrected chi connectivity index (χ0v) is 19.9. The molecule has 0 radical (unpaired) electrons. The van der Waals surface area contributed by atoms with Gasteiger partial charge in [-0.3, -0.25) is 19.2 Å². The number of Topliss-reactive ketones (excluding diaryl/α,β-unsaturated/α-hetero) is 1. The van der Waals surface area contributed by atoms with Gasteiger partial charge in [0, 0.05) is 12.5 Å². The van der Waals surface area contributed by atoms with Crippen LogP contribution in [0, 0.1) is 5.92 Å². The number of carbonyl (C=O) groups is 4. The van der Waals surface area contributed by atoms with Crippen LogP contribution in [0.2, 0.25) is 0 Å². The van der Waals surface area contributed by atoms with Gasteiger partial charge in [0.2, 0.25) is 5.91 Å². The summed E-state index contributed by atoms with van der Waals surface area (Å²) in [4.78, 5) is 52.1. The number of hydrogen-bond donors (Lipinski definition) is 0. The molecule has 176 valence electrons. The van der Waals surface area contributed by atoms with E-state index in [1.54, 1.807) is 57.7 Å². The summed E-state index contributed by atoms with van der Waals surface area (Å²) < 4.78 is 16.0. The molecule has 32 heavy (non-hydrogen) atoms. The Kier molecular flexibility index (Phi) is 7.70. The molecule has 0 fully saturated rings. The first kappa shape index (κ1) is 25.4. The van der Waals surface area contributed by atoms with Crippen LogP contribution in [0.3, 0.4) is 0 Å². The van der Waals surface area contributed by atoms with Gasteiger partial charge in [-0.05, 0) is 59.7 Å². The highest BCUT2D eigenvalue weighted by Gasteiger charge is 2.49. The second kappa shape index (κ2) is 9.71. The summed E-state index contributed by atoms with van der Waals surface area (Å²) in [5.74, 6) is -1.92. The predicted molar refractivity (Wildman–Crippen MR) is 119 cm³/mol. The van der Waals surface area contributed by atoms with Gasteiger partial charge in [-0.15, -0.1) is 0 Å². The molecule has 1 aliphatic heterocycles. The number of anilines is 1. The third kappa shape index (κ3) is 5.47. The second-order valence-corrected chi connectivity index (χ2v) is 8.96. The Morgan fingerprint density at radius 1 is 1.09 bits per heavy atom. The van der Waals surface area contributed by atoms with E-state index in [9.17, 15) is 19.2 Å². The zero-order valence-electron chi connectivity index (χ0n) is 19.9. The minimum Gasteiger partial charge on any atom is -0.494 e. The standard InChI is InChI=1S/C24H33NO7/c1-8-30-16-10-11-19-17(12-16)22(29)18(24(6,7)25(19)15(3)26)13-20(27)32-23(4,5)14-21(28)31-9-2/h10-12,18H,8-9,13-14H2,1-7H3. The Morgan fingerprint density at radius 2 is 1.75 bits per heavy atom. The molecule has 1 unspecified atom stereocenters. The molecule has 0 aliphatic carbocycles. The summed E-state index contributed by atoms with van der Waals surface area (Å²) >= 11 is 0. The zero-order chi connectivity index (χ0) is 24.3. The lowest BCUT2D eigenvalue weighted by atomic mass is 9.74. The van der Waals surface area contributed by atoms with E-state index in [1.807, 2.05) is 6.92 Å². The summed E-state index contributed by atoms with van der Waals surface area (Å²) in [7, 11) is 0. The molecule has 1 aliphatic rings. The number of nitrogens with zero attached hydrogens (tertiary/aromatic N) is 1. The summed E-state index contributed by atoms with van der Waals surface area (Å²) in [5.41, 5.74) is -1.24. The third-order valence-electron chi connectivity index (χ3n) is 5.48. The summed E-state index contributed by atoms with van der Waals surface area (Å²) in [6.07, 6.45) is -0.338. The van der Waals surface area contributed by atoms with Gasteiger partial charge in [-0.25, -0.2) is 0 Å². The molecule has 0 bridgehead atoms. The van der Waals surface area contributed by atoms with Crippen molar-refractivity contribution in [2.24, 2.45) is 5.92 Å². The van der Waals surface area contributed by atoms with E-state index in [4.69, 9.17) is 14.2 Å². The third-order valence-corrected chi connectivity index (χ3v) is 5.48. The van der Waals surface area contributed by atoms with Crippen molar-refractivity contribution in [3.63, 3.8) is 0 Å². The fourth-order valence-corrected chi connectivity index (χ4v) is 4.17. The van der Waals surface area contributed by atoms with Gasteiger partial charge in [-0.2, -0.15) is 0 Å². The number of hydrogen-bond acceptors (Lipinski definition) is 7. The first-order valence-electron chi connectivity index (χ1n) is 10.8. The Balaban J connectivity index is 2.33. The average molecular weight is 448 g/mol. The van der Waals surface area contributed by atoms with Gasteiger partial charge in [0.25, 0.3) is 0 Å². The van der Waals surface area contributed by atoms with Gasteiger partial charge < -0.3 is 19.1 Å². The van der Waals surface area contributed by atoms with Crippen molar-refractivity contribution >= 4 is 29.3 Å². The SMILES string of the molecule is CCOC(=O)CC(C)(C)OC(=O)CC1C(=O)c2cc(OCC)ccc2N(C(C)=O)C1(C)C. The molecule has 0 aromatic heterocycles. The molecule has 8 nitrogen and oxygen atoms in total. The first-order valence-corrected chi connectivity index (χ1v) is 10.8. The van der Waals surface area contributed by atoms with Gasteiger partial charge in [0.05, 0.1) is 43.2 Å². The molecule has 1 atom stereocenters. The molecular formula is C24H33NO7. The van der Waals surface area contributed by atoms with Crippen molar-refractivity contribution in [2.45, 2.75) is 72.4 Å². The molecule has 0 saturated heterocycles. The van der Waals surface area contributed by atoms with E-state index in [2.05, 4.69) is 0 Å². The van der Waals surface area contributed by atoms with Gasteiger partial charge in [-0.1, -0.05) is 0 Å². The van der Waals surface area contributed by atoms with Crippen molar-refractivity contribution in [3.8, 4) is 5.75 Å². The largest absolute Gasteiger partial charge is 0.494 e. The smallest absolute Gasteiger partial charge is 0.309 e. The van der Waals surface area contributed by atoms with E-state index >= 15 is 0 Å². The number of fused-ring (bicyclic) bond motifs is 1. The molecule has 0 spiro atoms. The van der Waals surface area contributed by atoms with Gasteiger partial charge in [0.1, 0.15) is 11.4 Å². The number of carbonyl (C=O) groups excluding carboxylic acids is 4. The van der Waals surface area contributed by atoms with E-state index in [1.165, 1.54) is 6.92 Å². The van der Waals surface area contributed by atoms with Crippen LogP contribution in [0.15, 0.2) is 18.2 Å². The molecule has 2 rings (SSSR count). The quantitative estimate of drug-likeness (QED) is 0.560. The Bertz CT molecular complexity index is 904. The van der Waals surface area contributed by atoms with Crippen LogP contribution in [-0.2, 0) is 23.9 Å². The normalized spacial score (nSPS) is 17.4. The Labute approximate surface area is 189 Å². The maximum absolute atomic E-state index is 13.4. The first-order chi connectivity index (χ1) is 14.8. The van der Waals surface area contributed by atoms with Gasteiger partial charge in [0.15, 0.2) is 5.78 Å². The minimum absolute atomic E-state index is 0.102. The number of benzene rings is 1. The fourth-order valence-electron chi connectivity index (χ4n) is 4.17. The molecule has 0 saturated carbocycles. The van der Waals surface area contributed by atoms with Crippen molar-refractivity contribution in [2.75, 3.05) is 18.1 Å². The lowest BCUT2D eigenvalue weighted by molar-refractivity contribution is -0.164. The van der Waals surface area contributed by atoms with Crippen LogP contribution in [0.4, 0.5) is 5.69 Å². The van der Waals surface area contributed by atoms with E-state index in [0.717, 1.165) is 0 Å². The van der Waals surface area contributed by atoms with Crippen LogP contribution in [0.25, 0.3) is 0 Å². The van der Waals surface area contributed by atoms with Crippen LogP contribution < -0.4 is 9.64 Å². The summed E-state index contributed by atoms with van der Waals surface area (Å²) in [6.45, 7) is 12.4. The molecule has 1 heterocycles.